The maximum atomic E-state index is 13.4. The predicted octanol–water partition coefficient (Wildman–Crippen LogP) is 8.93. The number of benzene rings is 2. The highest BCUT2D eigenvalue weighted by atomic mass is 32.1. The topological polar surface area (TPSA) is 59.3 Å². The monoisotopic (exact) mass is 563 g/mol. The van der Waals surface area contributed by atoms with E-state index in [2.05, 4.69) is 35.4 Å². The molecule has 0 aliphatic rings. The molecule has 0 atom stereocenters. The van der Waals surface area contributed by atoms with Crippen molar-refractivity contribution < 1.29 is 18.9 Å². The van der Waals surface area contributed by atoms with E-state index in [4.69, 9.17) is 4.74 Å². The van der Waals surface area contributed by atoms with Gasteiger partial charge in [-0.15, -0.1) is 0 Å². The third kappa shape index (κ3) is 10.5. The number of amides is 1. The highest BCUT2D eigenvalue weighted by Crippen LogP contribution is 2.27. The van der Waals surface area contributed by atoms with Gasteiger partial charge in [0, 0.05) is 5.56 Å². The molecule has 0 saturated carbocycles. The Labute approximate surface area is 245 Å². The lowest BCUT2D eigenvalue weighted by Gasteiger charge is -2.15. The molecule has 1 heterocycles. The fraction of sp³-hybridized carbons (Fsp3) is 0.500. The second kappa shape index (κ2) is 17.6. The Morgan fingerprint density at radius 1 is 0.825 bits per heavy atom. The molecular weight excluding hydrogens is 516 g/mol. The van der Waals surface area contributed by atoms with Crippen LogP contribution in [0.15, 0.2) is 54.2 Å². The Bertz CT molecular complexity index is 1200. The molecule has 6 heteroatoms. The van der Waals surface area contributed by atoms with Crippen molar-refractivity contribution in [3.05, 3.63) is 75.7 Å². The number of ether oxygens (including phenoxy) is 1. The minimum Gasteiger partial charge on any atom is -0.492 e. The van der Waals surface area contributed by atoms with Crippen LogP contribution in [0, 0.1) is 6.92 Å². The van der Waals surface area contributed by atoms with Crippen molar-refractivity contribution in [3.8, 4) is 5.75 Å². The van der Waals surface area contributed by atoms with Gasteiger partial charge >= 0.3 is 0 Å². The standard InChI is InChI=1S/C34H46N2O3S/c1-4-5-6-7-8-9-10-11-12-13-14-17-23-39-33-30(28(3)37)20-18-21-31(33)34(38)35-32-22-16-15-19-29(32)25-36-24-27(2)40-26-36/h15-16,18-22,24,26H,4-14,17,23,25H2,1-3H3/p+1. The average molecular weight is 564 g/mol. The Kier molecular flexibility index (Phi) is 13.9. The van der Waals surface area contributed by atoms with Gasteiger partial charge < -0.3 is 10.1 Å². The van der Waals surface area contributed by atoms with Gasteiger partial charge in [0.1, 0.15) is 5.75 Å². The molecule has 0 spiro atoms. The first kappa shape index (κ1) is 31.5. The fourth-order valence-corrected chi connectivity index (χ4v) is 5.59. The second-order valence-corrected chi connectivity index (χ2v) is 11.8. The molecule has 5 nitrogen and oxygen atoms in total. The SMILES string of the molecule is CCCCCCCCCCCCCCOc1c(C(C)=O)cccc1C(=O)Nc1ccccc1C[n+]1csc(C)c1. The number of hydrogen-bond donors (Lipinski definition) is 1. The number of nitrogens with one attached hydrogen (secondary N) is 1. The first-order valence-electron chi connectivity index (χ1n) is 15.1. The summed E-state index contributed by atoms with van der Waals surface area (Å²) < 4.78 is 8.24. The molecule has 1 amide bonds. The van der Waals surface area contributed by atoms with E-state index in [9.17, 15) is 9.59 Å². The molecule has 1 N–H and O–H groups in total. The average Bonchev–Trinajstić information content (AvgIpc) is 3.36. The molecule has 1 aromatic heterocycles. The summed E-state index contributed by atoms with van der Waals surface area (Å²) in [5.74, 6) is 0.00611. The summed E-state index contributed by atoms with van der Waals surface area (Å²) in [6.07, 6.45) is 17.4. The number of anilines is 1. The van der Waals surface area contributed by atoms with E-state index >= 15 is 0 Å². The smallest absolute Gasteiger partial charge is 0.259 e. The number of rotatable bonds is 19. The lowest BCUT2D eigenvalue weighted by atomic mass is 10.0. The van der Waals surface area contributed by atoms with Crippen LogP contribution in [0.4, 0.5) is 5.69 Å². The number of unbranched alkanes of at least 4 members (excludes halogenated alkanes) is 11. The van der Waals surface area contributed by atoms with Crippen molar-refractivity contribution in [1.82, 2.24) is 0 Å². The fourth-order valence-electron chi connectivity index (χ4n) is 4.96. The molecule has 2 aromatic carbocycles. The lowest BCUT2D eigenvalue weighted by Crippen LogP contribution is -2.31. The zero-order chi connectivity index (χ0) is 28.6. The van der Waals surface area contributed by atoms with Crippen molar-refractivity contribution >= 4 is 28.7 Å². The number of aryl methyl sites for hydroxylation is 1. The largest absolute Gasteiger partial charge is 0.492 e. The van der Waals surface area contributed by atoms with Crippen LogP contribution in [-0.2, 0) is 6.54 Å². The van der Waals surface area contributed by atoms with Crippen molar-refractivity contribution in [2.24, 2.45) is 0 Å². The number of Topliss-reactive ketones (excluding diaryl/α,β-unsaturated/α-hetero) is 1. The van der Waals surface area contributed by atoms with E-state index in [0.29, 0.717) is 30.0 Å². The van der Waals surface area contributed by atoms with Crippen molar-refractivity contribution in [2.45, 2.75) is 104 Å². The summed E-state index contributed by atoms with van der Waals surface area (Å²) in [6, 6.07) is 13.0. The summed E-state index contributed by atoms with van der Waals surface area (Å²) in [5, 5.41) is 3.07. The maximum Gasteiger partial charge on any atom is 0.259 e. The van der Waals surface area contributed by atoms with Gasteiger partial charge in [0.25, 0.3) is 5.91 Å². The Hall–Kier alpha value is -2.99. The van der Waals surface area contributed by atoms with Crippen LogP contribution in [0.2, 0.25) is 0 Å². The number of ketones is 1. The van der Waals surface area contributed by atoms with E-state index in [1.165, 1.54) is 76.0 Å². The van der Waals surface area contributed by atoms with Crippen LogP contribution in [0.1, 0.15) is 122 Å². The summed E-state index contributed by atoms with van der Waals surface area (Å²) in [5.41, 5.74) is 4.68. The molecule has 216 valence electrons. The zero-order valence-corrected chi connectivity index (χ0v) is 25.5. The van der Waals surface area contributed by atoms with Crippen LogP contribution in [-0.4, -0.2) is 18.3 Å². The van der Waals surface area contributed by atoms with Gasteiger partial charge in [0.2, 0.25) is 5.51 Å². The normalized spacial score (nSPS) is 11.0. The number of thiazole rings is 1. The van der Waals surface area contributed by atoms with Crippen LogP contribution in [0.5, 0.6) is 5.75 Å². The van der Waals surface area contributed by atoms with Crippen molar-refractivity contribution in [1.29, 1.82) is 0 Å². The molecule has 0 aliphatic heterocycles. The molecular formula is C34H47N2O3S+. The van der Waals surface area contributed by atoms with Gasteiger partial charge in [-0.05, 0) is 38.5 Å². The lowest BCUT2D eigenvalue weighted by molar-refractivity contribution is -0.683. The molecule has 40 heavy (non-hydrogen) atoms. The molecule has 3 rings (SSSR count). The zero-order valence-electron chi connectivity index (χ0n) is 24.7. The van der Waals surface area contributed by atoms with Crippen LogP contribution >= 0.6 is 11.3 Å². The van der Waals surface area contributed by atoms with E-state index in [1.807, 2.05) is 24.3 Å². The van der Waals surface area contributed by atoms with Crippen LogP contribution < -0.4 is 14.6 Å². The summed E-state index contributed by atoms with van der Waals surface area (Å²) in [7, 11) is 0. The summed E-state index contributed by atoms with van der Waals surface area (Å²) in [4.78, 5) is 27.1. The molecule has 0 unspecified atom stereocenters. The van der Waals surface area contributed by atoms with Crippen LogP contribution in [0.25, 0.3) is 0 Å². The first-order valence-corrected chi connectivity index (χ1v) is 16.0. The van der Waals surface area contributed by atoms with E-state index in [0.717, 1.165) is 24.1 Å². The molecule has 0 radical (unpaired) electrons. The Morgan fingerprint density at radius 2 is 1.45 bits per heavy atom. The Morgan fingerprint density at radius 3 is 2.08 bits per heavy atom. The predicted molar refractivity (Wildman–Crippen MR) is 166 cm³/mol. The highest BCUT2D eigenvalue weighted by molar-refractivity contribution is 7.09. The molecule has 0 saturated heterocycles. The number of para-hydroxylation sites is 2. The first-order chi connectivity index (χ1) is 19.5. The molecule has 3 aromatic rings. The summed E-state index contributed by atoms with van der Waals surface area (Å²) >= 11 is 1.69. The number of aromatic nitrogens is 1. The highest BCUT2D eigenvalue weighted by Gasteiger charge is 2.20. The van der Waals surface area contributed by atoms with Gasteiger partial charge in [0.15, 0.2) is 18.5 Å². The van der Waals surface area contributed by atoms with Gasteiger partial charge in [-0.1, -0.05) is 113 Å². The van der Waals surface area contributed by atoms with Crippen molar-refractivity contribution in [2.75, 3.05) is 11.9 Å². The number of carbonyl (C=O) groups excluding carboxylic acids is 2. The van der Waals surface area contributed by atoms with Crippen LogP contribution in [0.3, 0.4) is 0 Å². The molecule has 0 fully saturated rings. The minimum atomic E-state index is -0.272. The minimum absolute atomic E-state index is 0.107. The van der Waals surface area contributed by atoms with Crippen molar-refractivity contribution in [3.63, 3.8) is 0 Å². The second-order valence-electron chi connectivity index (χ2n) is 10.7. The molecule has 0 aliphatic carbocycles. The number of hydrogen-bond acceptors (Lipinski definition) is 4. The third-order valence-electron chi connectivity index (χ3n) is 7.22. The summed E-state index contributed by atoms with van der Waals surface area (Å²) in [6.45, 7) is 7.01. The van der Waals surface area contributed by atoms with E-state index < -0.39 is 0 Å². The van der Waals surface area contributed by atoms with Gasteiger partial charge in [-0.2, -0.15) is 4.57 Å². The van der Waals surface area contributed by atoms with Gasteiger partial charge in [-0.25, -0.2) is 0 Å². The Balaban J connectivity index is 1.52. The third-order valence-corrected chi connectivity index (χ3v) is 8.08. The number of nitrogens with zero attached hydrogens (tertiary/aromatic N) is 1. The van der Waals surface area contributed by atoms with E-state index in [-0.39, 0.29) is 11.7 Å². The molecule has 0 bridgehead atoms. The quantitative estimate of drug-likeness (QED) is 0.0900. The van der Waals surface area contributed by atoms with E-state index in [1.54, 1.807) is 29.5 Å². The van der Waals surface area contributed by atoms with Gasteiger partial charge in [-0.3, -0.25) is 9.59 Å². The number of carbonyl (C=O) groups is 2. The maximum absolute atomic E-state index is 13.4. The van der Waals surface area contributed by atoms with Gasteiger partial charge in [0.05, 0.1) is 28.3 Å².